The molecule has 0 saturated heterocycles. The summed E-state index contributed by atoms with van der Waals surface area (Å²) < 4.78 is 5.70. The highest BCUT2D eigenvalue weighted by Crippen LogP contribution is 2.20. The molecule has 16 heavy (non-hydrogen) atoms. The van der Waals surface area contributed by atoms with Crippen LogP contribution in [-0.2, 0) is 0 Å². The van der Waals surface area contributed by atoms with Crippen LogP contribution in [0.5, 0.6) is 0 Å². The molecule has 1 N–H and O–H groups in total. The van der Waals surface area contributed by atoms with Crippen LogP contribution < -0.4 is 5.32 Å². The largest absolute Gasteiger partial charge is 0.444 e. The summed E-state index contributed by atoms with van der Waals surface area (Å²) in [6, 6.07) is 3.33. The molecule has 1 amide bonds. The van der Waals surface area contributed by atoms with Crippen LogP contribution in [0.3, 0.4) is 0 Å². The van der Waals surface area contributed by atoms with Crippen molar-refractivity contribution in [3.63, 3.8) is 0 Å². The van der Waals surface area contributed by atoms with Gasteiger partial charge in [-0.25, -0.2) is 0 Å². The summed E-state index contributed by atoms with van der Waals surface area (Å²) in [6.45, 7) is 4.71. The van der Waals surface area contributed by atoms with Gasteiger partial charge in [0, 0.05) is 12.4 Å². The van der Waals surface area contributed by atoms with Crippen LogP contribution >= 0.6 is 27.5 Å². The average molecular weight is 309 g/mol. The Hall–Kier alpha value is -0.480. The molecule has 0 bridgehead atoms. The number of hydrogen-bond donors (Lipinski definition) is 1. The van der Waals surface area contributed by atoms with Crippen molar-refractivity contribution in [3.05, 3.63) is 22.6 Å². The minimum absolute atomic E-state index is 0.00123. The van der Waals surface area contributed by atoms with Crippen LogP contribution in [-0.4, -0.2) is 18.3 Å². The van der Waals surface area contributed by atoms with E-state index in [9.17, 15) is 4.79 Å². The van der Waals surface area contributed by atoms with Gasteiger partial charge in [0.15, 0.2) is 10.4 Å². The van der Waals surface area contributed by atoms with Crippen LogP contribution in [0.1, 0.15) is 30.8 Å². The molecule has 90 valence electrons. The fraction of sp³-hybridized carbons (Fsp3) is 0.545. The maximum Gasteiger partial charge on any atom is 0.287 e. The molecule has 1 aromatic heterocycles. The van der Waals surface area contributed by atoms with Gasteiger partial charge in [0.05, 0.1) is 0 Å². The first kappa shape index (κ1) is 13.6. The molecule has 0 aliphatic carbocycles. The van der Waals surface area contributed by atoms with Gasteiger partial charge in [-0.1, -0.05) is 13.8 Å². The van der Waals surface area contributed by atoms with Crippen molar-refractivity contribution in [1.82, 2.24) is 5.32 Å². The van der Waals surface area contributed by atoms with Crippen molar-refractivity contribution < 1.29 is 9.21 Å². The third kappa shape index (κ3) is 4.18. The highest BCUT2D eigenvalue weighted by Gasteiger charge is 2.19. The zero-order chi connectivity index (χ0) is 12.2. The van der Waals surface area contributed by atoms with Crippen LogP contribution in [0.25, 0.3) is 0 Å². The minimum atomic E-state index is -0.201. The standard InChI is InChI=1S/C11H15BrClNO2/c1-11(2,5-6-13)7-14-10(15)8-3-4-9(12)16-8/h3-4H,5-7H2,1-2H3,(H,14,15). The van der Waals surface area contributed by atoms with Crippen molar-refractivity contribution in [2.24, 2.45) is 5.41 Å². The molecule has 0 saturated carbocycles. The molecular formula is C11H15BrClNO2. The number of alkyl halides is 1. The lowest BCUT2D eigenvalue weighted by Crippen LogP contribution is -2.34. The lowest BCUT2D eigenvalue weighted by atomic mass is 9.90. The van der Waals surface area contributed by atoms with E-state index in [0.29, 0.717) is 22.9 Å². The lowest BCUT2D eigenvalue weighted by molar-refractivity contribution is 0.0906. The molecule has 5 heteroatoms. The highest BCUT2D eigenvalue weighted by molar-refractivity contribution is 9.10. The maximum absolute atomic E-state index is 11.7. The Morgan fingerprint density at radius 1 is 1.56 bits per heavy atom. The molecule has 3 nitrogen and oxygen atoms in total. The second-order valence-corrected chi connectivity index (χ2v) is 5.55. The first-order chi connectivity index (χ1) is 7.44. The van der Waals surface area contributed by atoms with E-state index in [1.807, 2.05) is 0 Å². The topological polar surface area (TPSA) is 42.2 Å². The van der Waals surface area contributed by atoms with Crippen molar-refractivity contribution in [2.75, 3.05) is 12.4 Å². The summed E-state index contributed by atoms with van der Waals surface area (Å²) in [7, 11) is 0. The summed E-state index contributed by atoms with van der Waals surface area (Å²) >= 11 is 8.84. The van der Waals surface area contributed by atoms with Gasteiger partial charge >= 0.3 is 0 Å². The van der Waals surface area contributed by atoms with E-state index in [1.54, 1.807) is 12.1 Å². The number of halogens is 2. The summed E-state index contributed by atoms with van der Waals surface area (Å²) in [4.78, 5) is 11.7. The van der Waals surface area contributed by atoms with Gasteiger partial charge in [0.1, 0.15) is 0 Å². The van der Waals surface area contributed by atoms with Crippen LogP contribution in [0.4, 0.5) is 0 Å². The van der Waals surface area contributed by atoms with Crippen molar-refractivity contribution >= 4 is 33.4 Å². The minimum Gasteiger partial charge on any atom is -0.444 e. The quantitative estimate of drug-likeness (QED) is 0.847. The Labute approximate surface area is 109 Å². The molecule has 0 atom stereocenters. The van der Waals surface area contributed by atoms with Crippen LogP contribution in [0.15, 0.2) is 21.2 Å². The molecular weight excluding hydrogens is 293 g/mol. The number of carbonyl (C=O) groups excluding carboxylic acids is 1. The predicted octanol–water partition coefficient (Wildman–Crippen LogP) is 3.43. The molecule has 0 aliphatic rings. The molecule has 0 fully saturated rings. The monoisotopic (exact) mass is 307 g/mol. The third-order valence-corrected chi connectivity index (χ3v) is 2.91. The summed E-state index contributed by atoms with van der Waals surface area (Å²) in [5.41, 5.74) is 0.00123. The summed E-state index contributed by atoms with van der Waals surface area (Å²) in [5, 5.41) is 2.83. The zero-order valence-corrected chi connectivity index (χ0v) is 11.7. The molecule has 0 radical (unpaired) electrons. The Bertz CT molecular complexity index is 363. The van der Waals surface area contributed by atoms with E-state index >= 15 is 0 Å². The highest BCUT2D eigenvalue weighted by atomic mass is 79.9. The first-order valence-corrected chi connectivity index (χ1v) is 6.37. The Morgan fingerprint density at radius 3 is 2.75 bits per heavy atom. The molecule has 0 aliphatic heterocycles. The van der Waals surface area contributed by atoms with Crippen LogP contribution in [0, 0.1) is 5.41 Å². The molecule has 1 heterocycles. The molecule has 1 aromatic rings. The fourth-order valence-electron chi connectivity index (χ4n) is 1.19. The van der Waals surface area contributed by atoms with Crippen molar-refractivity contribution in [1.29, 1.82) is 0 Å². The number of hydrogen-bond acceptors (Lipinski definition) is 2. The van der Waals surface area contributed by atoms with Crippen molar-refractivity contribution in [3.8, 4) is 0 Å². The Morgan fingerprint density at radius 2 is 2.25 bits per heavy atom. The van der Waals surface area contributed by atoms with E-state index in [1.165, 1.54) is 0 Å². The van der Waals surface area contributed by atoms with Gasteiger partial charge in [-0.3, -0.25) is 4.79 Å². The Balaban J connectivity index is 2.47. The zero-order valence-electron chi connectivity index (χ0n) is 9.35. The van der Waals surface area contributed by atoms with E-state index < -0.39 is 0 Å². The van der Waals surface area contributed by atoms with Crippen molar-refractivity contribution in [2.45, 2.75) is 20.3 Å². The number of nitrogens with one attached hydrogen (secondary N) is 1. The normalized spacial score (nSPS) is 11.5. The second kappa shape index (κ2) is 5.73. The van der Waals surface area contributed by atoms with Gasteiger partial charge < -0.3 is 9.73 Å². The van der Waals surface area contributed by atoms with E-state index in [4.69, 9.17) is 16.0 Å². The molecule has 1 rings (SSSR count). The summed E-state index contributed by atoms with van der Waals surface area (Å²) in [5.74, 6) is 0.705. The maximum atomic E-state index is 11.7. The molecule has 0 unspecified atom stereocenters. The van der Waals surface area contributed by atoms with Gasteiger partial charge in [0.25, 0.3) is 5.91 Å². The second-order valence-electron chi connectivity index (χ2n) is 4.39. The average Bonchev–Trinajstić information content (AvgIpc) is 2.61. The Kier molecular flexibility index (Phi) is 4.87. The molecule has 0 aromatic carbocycles. The summed E-state index contributed by atoms with van der Waals surface area (Å²) in [6.07, 6.45) is 0.858. The van der Waals surface area contributed by atoms with Gasteiger partial charge in [0.2, 0.25) is 0 Å². The van der Waals surface area contributed by atoms with Gasteiger partial charge in [-0.2, -0.15) is 0 Å². The lowest BCUT2D eigenvalue weighted by Gasteiger charge is -2.23. The fourth-order valence-corrected chi connectivity index (χ4v) is 2.01. The van der Waals surface area contributed by atoms with Gasteiger partial charge in [-0.05, 0) is 39.9 Å². The predicted molar refractivity (Wildman–Crippen MR) is 67.9 cm³/mol. The van der Waals surface area contributed by atoms with Crippen LogP contribution in [0.2, 0.25) is 0 Å². The van der Waals surface area contributed by atoms with Gasteiger partial charge in [-0.15, -0.1) is 11.6 Å². The number of rotatable bonds is 5. The van der Waals surface area contributed by atoms with E-state index in [0.717, 1.165) is 6.42 Å². The smallest absolute Gasteiger partial charge is 0.287 e. The SMILES string of the molecule is CC(C)(CCCl)CNC(=O)c1ccc(Br)o1. The number of amides is 1. The number of carbonyl (C=O) groups is 1. The third-order valence-electron chi connectivity index (χ3n) is 2.30. The first-order valence-electron chi connectivity index (χ1n) is 5.04. The van der Waals surface area contributed by atoms with E-state index in [-0.39, 0.29) is 11.3 Å². The molecule has 0 spiro atoms. The number of furan rings is 1. The van der Waals surface area contributed by atoms with E-state index in [2.05, 4.69) is 35.1 Å².